The number of hydrogen-bond acceptors (Lipinski definition) is 4. The summed E-state index contributed by atoms with van der Waals surface area (Å²) in [6.45, 7) is 2.07. The average molecular weight is 280 g/mol. The molecule has 0 saturated carbocycles. The van der Waals surface area contributed by atoms with Crippen LogP contribution in [-0.2, 0) is 6.42 Å². The lowest BCUT2D eigenvalue weighted by atomic mass is 10.1. The van der Waals surface area contributed by atoms with E-state index in [2.05, 4.69) is 17.2 Å². The summed E-state index contributed by atoms with van der Waals surface area (Å²) in [5.41, 5.74) is 1.31. The van der Waals surface area contributed by atoms with Crippen molar-refractivity contribution < 1.29 is 4.92 Å². The largest absolute Gasteiger partial charge is 0.373 e. The van der Waals surface area contributed by atoms with Crippen molar-refractivity contribution in [2.45, 2.75) is 19.8 Å². The molecule has 1 heterocycles. The van der Waals surface area contributed by atoms with Crippen molar-refractivity contribution in [1.29, 1.82) is 0 Å². The van der Waals surface area contributed by atoms with Crippen LogP contribution >= 0.6 is 11.6 Å². The van der Waals surface area contributed by atoms with Crippen molar-refractivity contribution >= 4 is 34.0 Å². The highest BCUT2D eigenvalue weighted by Crippen LogP contribution is 2.33. The summed E-state index contributed by atoms with van der Waals surface area (Å²) in [7, 11) is 1.75. The van der Waals surface area contributed by atoms with Gasteiger partial charge in [0.1, 0.15) is 5.82 Å². The molecule has 0 radical (unpaired) electrons. The number of aromatic nitrogens is 1. The Kier molecular flexibility index (Phi) is 3.85. The molecule has 5 nitrogen and oxygen atoms in total. The Morgan fingerprint density at radius 3 is 2.79 bits per heavy atom. The topological polar surface area (TPSA) is 68.1 Å². The first-order valence-corrected chi connectivity index (χ1v) is 6.40. The van der Waals surface area contributed by atoms with Gasteiger partial charge in [-0.3, -0.25) is 10.1 Å². The molecule has 0 aliphatic rings. The third-order valence-electron chi connectivity index (χ3n) is 2.94. The Morgan fingerprint density at radius 1 is 1.47 bits per heavy atom. The van der Waals surface area contributed by atoms with E-state index in [9.17, 15) is 10.1 Å². The number of pyridine rings is 1. The fraction of sp³-hybridized carbons (Fsp3) is 0.308. The minimum atomic E-state index is -0.440. The highest BCUT2D eigenvalue weighted by atomic mass is 35.5. The molecule has 0 atom stereocenters. The smallest absolute Gasteiger partial charge is 0.295 e. The zero-order valence-electron chi connectivity index (χ0n) is 10.7. The summed E-state index contributed by atoms with van der Waals surface area (Å²) >= 11 is 6.12. The predicted octanol–water partition coefficient (Wildman–Crippen LogP) is 3.79. The van der Waals surface area contributed by atoms with Gasteiger partial charge in [0.2, 0.25) is 0 Å². The first-order valence-electron chi connectivity index (χ1n) is 6.02. The number of nitrogens with one attached hydrogen (secondary N) is 1. The SMILES string of the molecule is CCCc1cc2c(Cl)ccc([N+](=O)[O-])c2nc1NC. The zero-order valence-corrected chi connectivity index (χ0v) is 11.5. The normalized spacial score (nSPS) is 10.7. The van der Waals surface area contributed by atoms with Crippen molar-refractivity contribution in [3.05, 3.63) is 38.9 Å². The Morgan fingerprint density at radius 2 is 2.21 bits per heavy atom. The van der Waals surface area contributed by atoms with Gasteiger partial charge < -0.3 is 5.32 Å². The molecule has 0 fully saturated rings. The minimum Gasteiger partial charge on any atom is -0.373 e. The lowest BCUT2D eigenvalue weighted by Gasteiger charge is -2.10. The number of non-ortho nitro benzene ring substituents is 1. The maximum atomic E-state index is 11.0. The van der Waals surface area contributed by atoms with Crippen LogP contribution in [0, 0.1) is 10.1 Å². The molecular weight excluding hydrogens is 266 g/mol. The van der Waals surface area contributed by atoms with Gasteiger partial charge in [-0.1, -0.05) is 24.9 Å². The maximum absolute atomic E-state index is 11.0. The molecule has 2 rings (SSSR count). The van der Waals surface area contributed by atoms with Gasteiger partial charge in [0.05, 0.1) is 9.95 Å². The third kappa shape index (κ3) is 2.46. The highest BCUT2D eigenvalue weighted by Gasteiger charge is 2.17. The molecule has 0 spiro atoms. The molecule has 0 unspecified atom stereocenters. The molecule has 100 valence electrons. The molecule has 0 saturated heterocycles. The fourth-order valence-corrected chi connectivity index (χ4v) is 2.28. The molecule has 19 heavy (non-hydrogen) atoms. The van der Waals surface area contributed by atoms with Gasteiger partial charge in [0.15, 0.2) is 5.52 Å². The highest BCUT2D eigenvalue weighted by molar-refractivity contribution is 6.35. The van der Waals surface area contributed by atoms with Crippen LogP contribution in [0.1, 0.15) is 18.9 Å². The monoisotopic (exact) mass is 279 g/mol. The van der Waals surface area contributed by atoms with E-state index in [1.54, 1.807) is 13.1 Å². The summed E-state index contributed by atoms with van der Waals surface area (Å²) in [5.74, 6) is 0.666. The lowest BCUT2D eigenvalue weighted by Crippen LogP contribution is -2.01. The second-order valence-electron chi connectivity index (χ2n) is 4.22. The Balaban J connectivity index is 2.79. The molecule has 1 aromatic heterocycles. The van der Waals surface area contributed by atoms with Crippen molar-refractivity contribution in [1.82, 2.24) is 4.98 Å². The predicted molar refractivity (Wildman–Crippen MR) is 76.9 cm³/mol. The number of anilines is 1. The van der Waals surface area contributed by atoms with Crippen LogP contribution in [0.4, 0.5) is 11.5 Å². The van der Waals surface area contributed by atoms with Gasteiger partial charge in [-0.25, -0.2) is 4.98 Å². The van der Waals surface area contributed by atoms with Crippen LogP contribution in [0.25, 0.3) is 10.9 Å². The number of benzene rings is 1. The van der Waals surface area contributed by atoms with E-state index >= 15 is 0 Å². The summed E-state index contributed by atoms with van der Waals surface area (Å²) in [5, 5.41) is 15.1. The Bertz CT molecular complexity index is 643. The van der Waals surface area contributed by atoms with Crippen LogP contribution in [0.15, 0.2) is 18.2 Å². The number of nitrogens with zero attached hydrogens (tertiary/aromatic N) is 2. The van der Waals surface area contributed by atoms with Crippen molar-refractivity contribution in [2.75, 3.05) is 12.4 Å². The number of nitro groups is 1. The van der Waals surface area contributed by atoms with Gasteiger partial charge in [0, 0.05) is 18.5 Å². The van der Waals surface area contributed by atoms with E-state index < -0.39 is 4.92 Å². The summed E-state index contributed by atoms with van der Waals surface area (Å²) in [6, 6.07) is 4.81. The summed E-state index contributed by atoms with van der Waals surface area (Å²) in [6.07, 6.45) is 1.81. The molecule has 1 aromatic carbocycles. The second-order valence-corrected chi connectivity index (χ2v) is 4.62. The Hall–Kier alpha value is -1.88. The van der Waals surface area contributed by atoms with E-state index in [0.717, 1.165) is 18.4 Å². The van der Waals surface area contributed by atoms with E-state index in [1.165, 1.54) is 6.07 Å². The fourth-order valence-electron chi connectivity index (χ4n) is 2.08. The molecule has 1 N–H and O–H groups in total. The molecular formula is C13H14ClN3O2. The van der Waals surface area contributed by atoms with Crippen LogP contribution in [0.5, 0.6) is 0 Å². The maximum Gasteiger partial charge on any atom is 0.295 e. The second kappa shape index (κ2) is 5.40. The number of rotatable bonds is 4. The van der Waals surface area contributed by atoms with Crippen molar-refractivity contribution in [2.24, 2.45) is 0 Å². The van der Waals surface area contributed by atoms with Gasteiger partial charge in [-0.15, -0.1) is 0 Å². The molecule has 6 heteroatoms. The van der Waals surface area contributed by atoms with Gasteiger partial charge >= 0.3 is 0 Å². The average Bonchev–Trinajstić information content (AvgIpc) is 2.39. The Labute approximate surface area is 115 Å². The van der Waals surface area contributed by atoms with E-state index in [0.29, 0.717) is 21.7 Å². The molecule has 0 bridgehead atoms. The van der Waals surface area contributed by atoms with Crippen LogP contribution in [0.3, 0.4) is 0 Å². The molecule has 0 amide bonds. The first-order chi connectivity index (χ1) is 9.08. The quantitative estimate of drug-likeness (QED) is 0.683. The van der Waals surface area contributed by atoms with Gasteiger partial charge in [-0.2, -0.15) is 0 Å². The number of aryl methyl sites for hydroxylation is 1. The van der Waals surface area contributed by atoms with Gasteiger partial charge in [-0.05, 0) is 24.1 Å². The summed E-state index contributed by atoms with van der Waals surface area (Å²) in [4.78, 5) is 15.0. The van der Waals surface area contributed by atoms with E-state index in [4.69, 9.17) is 11.6 Å². The van der Waals surface area contributed by atoms with E-state index in [1.807, 2.05) is 6.07 Å². The standard InChI is InChI=1S/C13H14ClN3O2/c1-3-4-8-7-9-10(14)5-6-11(17(18)19)12(9)16-13(8)15-2/h5-7H,3-4H2,1-2H3,(H,15,16). The first kappa shape index (κ1) is 13.5. The van der Waals surface area contributed by atoms with Crippen molar-refractivity contribution in [3.8, 4) is 0 Å². The molecule has 0 aliphatic heterocycles. The number of fused-ring (bicyclic) bond motifs is 1. The number of halogens is 1. The zero-order chi connectivity index (χ0) is 14.0. The van der Waals surface area contributed by atoms with Crippen LogP contribution in [-0.4, -0.2) is 17.0 Å². The lowest BCUT2D eigenvalue weighted by molar-refractivity contribution is -0.383. The number of hydrogen-bond donors (Lipinski definition) is 1. The van der Waals surface area contributed by atoms with Crippen molar-refractivity contribution in [3.63, 3.8) is 0 Å². The van der Waals surface area contributed by atoms with Gasteiger partial charge in [0.25, 0.3) is 5.69 Å². The van der Waals surface area contributed by atoms with Crippen LogP contribution < -0.4 is 5.32 Å². The number of nitro benzene ring substituents is 1. The third-order valence-corrected chi connectivity index (χ3v) is 3.27. The molecule has 0 aliphatic carbocycles. The molecule has 2 aromatic rings. The van der Waals surface area contributed by atoms with Crippen LogP contribution in [0.2, 0.25) is 5.02 Å². The minimum absolute atomic E-state index is 0.0288. The van der Waals surface area contributed by atoms with E-state index in [-0.39, 0.29) is 5.69 Å². The summed E-state index contributed by atoms with van der Waals surface area (Å²) < 4.78 is 0.